The van der Waals surface area contributed by atoms with E-state index in [0.29, 0.717) is 6.61 Å². The number of hydrogen-bond acceptors (Lipinski definition) is 4. The van der Waals surface area contributed by atoms with Crippen LogP contribution in [0.1, 0.15) is 13.3 Å². The quantitative estimate of drug-likeness (QED) is 0.578. The summed E-state index contributed by atoms with van der Waals surface area (Å²) in [5.41, 5.74) is -1.53. The Bertz CT molecular complexity index is 217. The third-order valence-corrected chi connectivity index (χ3v) is 1.40. The van der Waals surface area contributed by atoms with Gasteiger partial charge >= 0.3 is 0 Å². The number of ether oxygens (including phenoxy) is 1. The van der Waals surface area contributed by atoms with Gasteiger partial charge in [0.25, 0.3) is 0 Å². The van der Waals surface area contributed by atoms with Crippen molar-refractivity contribution in [3.63, 3.8) is 0 Å². The third-order valence-electron chi connectivity index (χ3n) is 1.40. The van der Waals surface area contributed by atoms with Gasteiger partial charge in [0.15, 0.2) is 0 Å². The van der Waals surface area contributed by atoms with Crippen LogP contribution in [0, 0.1) is 39.4 Å². The molecule has 0 N–H and O–H groups in total. The zero-order chi connectivity index (χ0) is 9.45. The van der Waals surface area contributed by atoms with Crippen molar-refractivity contribution in [3.05, 3.63) is 0 Å². The zero-order valence-electron chi connectivity index (χ0n) is 6.87. The molecule has 0 atom stereocenters. The van der Waals surface area contributed by atoms with Gasteiger partial charge in [-0.1, -0.05) is 0 Å². The fourth-order valence-corrected chi connectivity index (χ4v) is 0.612. The molecule has 0 fully saturated rings. The van der Waals surface area contributed by atoms with E-state index < -0.39 is 5.41 Å². The van der Waals surface area contributed by atoms with E-state index in [2.05, 4.69) is 0 Å². The van der Waals surface area contributed by atoms with Gasteiger partial charge in [-0.3, -0.25) is 0 Å². The van der Waals surface area contributed by atoms with Crippen LogP contribution in [0.25, 0.3) is 0 Å². The van der Waals surface area contributed by atoms with Crippen LogP contribution in [0.2, 0.25) is 0 Å². The molecule has 0 radical (unpaired) electrons. The summed E-state index contributed by atoms with van der Waals surface area (Å²) in [5.74, 6) is 0. The molecular formula is C8H9N3O. The van der Waals surface area contributed by atoms with Gasteiger partial charge < -0.3 is 4.74 Å². The van der Waals surface area contributed by atoms with Gasteiger partial charge in [-0.25, -0.2) is 0 Å². The van der Waals surface area contributed by atoms with Crippen molar-refractivity contribution >= 4 is 0 Å². The SMILES string of the molecule is CCOCCC(C#N)(C#N)C#N. The number of hydrogen-bond donors (Lipinski definition) is 0. The van der Waals surface area contributed by atoms with E-state index >= 15 is 0 Å². The van der Waals surface area contributed by atoms with Gasteiger partial charge in [0.1, 0.15) is 18.2 Å². The molecule has 12 heavy (non-hydrogen) atoms. The van der Waals surface area contributed by atoms with Gasteiger partial charge in [0, 0.05) is 13.0 Å². The Morgan fingerprint density at radius 2 is 1.67 bits per heavy atom. The summed E-state index contributed by atoms with van der Waals surface area (Å²) in [6.45, 7) is 2.61. The largest absolute Gasteiger partial charge is 0.382 e. The minimum absolute atomic E-state index is 0.143. The summed E-state index contributed by atoms with van der Waals surface area (Å²) < 4.78 is 4.94. The topological polar surface area (TPSA) is 80.6 Å². The van der Waals surface area contributed by atoms with Crippen molar-refractivity contribution < 1.29 is 4.74 Å². The second-order valence-electron chi connectivity index (χ2n) is 2.19. The van der Waals surface area contributed by atoms with Crippen molar-refractivity contribution in [1.82, 2.24) is 0 Å². The normalized spacial score (nSPS) is 9.50. The molecule has 0 aromatic carbocycles. The summed E-state index contributed by atoms with van der Waals surface area (Å²) in [4.78, 5) is 0. The second kappa shape index (κ2) is 5.13. The number of nitriles is 3. The molecule has 0 unspecified atom stereocenters. The van der Waals surface area contributed by atoms with Crippen molar-refractivity contribution in [2.45, 2.75) is 13.3 Å². The van der Waals surface area contributed by atoms with Gasteiger partial charge in [-0.05, 0) is 6.92 Å². The molecular weight excluding hydrogens is 154 g/mol. The number of rotatable bonds is 4. The van der Waals surface area contributed by atoms with Crippen molar-refractivity contribution in [2.24, 2.45) is 5.41 Å². The Labute approximate surface area is 71.6 Å². The summed E-state index contributed by atoms with van der Waals surface area (Å²) in [5, 5.41) is 25.6. The van der Waals surface area contributed by atoms with Crippen molar-refractivity contribution in [2.75, 3.05) is 13.2 Å². The molecule has 0 saturated carbocycles. The summed E-state index contributed by atoms with van der Waals surface area (Å²) in [6, 6.07) is 5.01. The average Bonchev–Trinajstić information content (AvgIpc) is 2.14. The predicted octanol–water partition coefficient (Wildman–Crippen LogP) is 0.970. The van der Waals surface area contributed by atoms with Crippen LogP contribution in [0.3, 0.4) is 0 Å². The van der Waals surface area contributed by atoms with E-state index in [4.69, 9.17) is 20.5 Å². The molecule has 0 bridgehead atoms. The standard InChI is InChI=1S/C8H9N3O/c1-2-12-4-3-8(5-9,6-10)7-11/h2-4H2,1H3. The maximum Gasteiger partial charge on any atom is 0.230 e. The molecule has 0 aromatic rings. The molecule has 0 heterocycles. The molecule has 0 rings (SSSR count). The average molecular weight is 163 g/mol. The minimum atomic E-state index is -1.53. The lowest BCUT2D eigenvalue weighted by Crippen LogP contribution is -2.16. The van der Waals surface area contributed by atoms with Crippen LogP contribution >= 0.6 is 0 Å². The maximum atomic E-state index is 8.53. The van der Waals surface area contributed by atoms with Gasteiger partial charge in [-0.15, -0.1) is 0 Å². The first-order chi connectivity index (χ1) is 5.74. The highest BCUT2D eigenvalue weighted by Gasteiger charge is 2.29. The highest BCUT2D eigenvalue weighted by Crippen LogP contribution is 2.18. The molecule has 0 aliphatic carbocycles. The van der Waals surface area contributed by atoms with E-state index in [1.54, 1.807) is 18.2 Å². The highest BCUT2D eigenvalue weighted by atomic mass is 16.5. The van der Waals surface area contributed by atoms with Crippen LogP contribution in [0.4, 0.5) is 0 Å². The molecule has 4 heteroatoms. The number of nitrogens with zero attached hydrogens (tertiary/aromatic N) is 3. The Balaban J connectivity index is 4.11. The van der Waals surface area contributed by atoms with Crippen LogP contribution in [-0.2, 0) is 4.74 Å². The third kappa shape index (κ3) is 2.58. The molecule has 0 aliphatic rings. The lowest BCUT2D eigenvalue weighted by molar-refractivity contribution is 0.136. The van der Waals surface area contributed by atoms with E-state index in [-0.39, 0.29) is 13.0 Å². The van der Waals surface area contributed by atoms with Crippen LogP contribution < -0.4 is 0 Å². The Hall–Kier alpha value is -1.57. The first kappa shape index (κ1) is 10.4. The monoisotopic (exact) mass is 163 g/mol. The van der Waals surface area contributed by atoms with E-state index in [9.17, 15) is 0 Å². The first-order valence-electron chi connectivity index (χ1n) is 3.56. The van der Waals surface area contributed by atoms with Crippen molar-refractivity contribution in [1.29, 1.82) is 15.8 Å². The first-order valence-corrected chi connectivity index (χ1v) is 3.56. The van der Waals surface area contributed by atoms with Gasteiger partial charge in [0.2, 0.25) is 5.41 Å². The Kier molecular flexibility index (Phi) is 4.46. The predicted molar refractivity (Wildman–Crippen MR) is 40.4 cm³/mol. The summed E-state index contributed by atoms with van der Waals surface area (Å²) >= 11 is 0. The molecule has 0 aromatic heterocycles. The molecule has 0 spiro atoms. The molecule has 0 aliphatic heterocycles. The lowest BCUT2D eigenvalue weighted by atomic mass is 9.90. The van der Waals surface area contributed by atoms with Gasteiger partial charge in [0.05, 0.1) is 6.61 Å². The van der Waals surface area contributed by atoms with Crippen molar-refractivity contribution in [3.8, 4) is 18.2 Å². The van der Waals surface area contributed by atoms with E-state index in [0.717, 1.165) is 0 Å². The van der Waals surface area contributed by atoms with E-state index in [1.807, 2.05) is 6.92 Å². The Morgan fingerprint density at radius 3 is 2.00 bits per heavy atom. The molecule has 0 amide bonds. The lowest BCUT2D eigenvalue weighted by Gasteiger charge is -2.07. The fourth-order valence-electron chi connectivity index (χ4n) is 0.612. The van der Waals surface area contributed by atoms with Crippen LogP contribution in [0.5, 0.6) is 0 Å². The van der Waals surface area contributed by atoms with E-state index in [1.165, 1.54) is 0 Å². The fraction of sp³-hybridized carbons (Fsp3) is 0.625. The maximum absolute atomic E-state index is 8.53. The van der Waals surface area contributed by atoms with Gasteiger partial charge in [-0.2, -0.15) is 15.8 Å². The summed E-state index contributed by atoms with van der Waals surface area (Å²) in [7, 11) is 0. The Morgan fingerprint density at radius 1 is 1.17 bits per heavy atom. The minimum Gasteiger partial charge on any atom is -0.382 e. The van der Waals surface area contributed by atoms with Crippen LogP contribution in [-0.4, -0.2) is 13.2 Å². The zero-order valence-corrected chi connectivity index (χ0v) is 6.87. The van der Waals surface area contributed by atoms with Crippen LogP contribution in [0.15, 0.2) is 0 Å². The summed E-state index contributed by atoms with van der Waals surface area (Å²) in [6.07, 6.45) is 0.143. The molecule has 0 saturated heterocycles. The highest BCUT2D eigenvalue weighted by molar-refractivity contribution is 5.25. The molecule has 62 valence electrons. The molecule has 4 nitrogen and oxygen atoms in total. The second-order valence-corrected chi connectivity index (χ2v) is 2.19. The smallest absolute Gasteiger partial charge is 0.230 e.